The van der Waals surface area contributed by atoms with Crippen LogP contribution in [0, 0.1) is 0 Å². The van der Waals surface area contributed by atoms with Crippen molar-refractivity contribution in [3.8, 4) is 0 Å². The number of carboxylic acid groups (broad SMARTS) is 1. The maximum Gasteiger partial charge on any atom is 1.00 e. The first-order valence-electron chi connectivity index (χ1n) is 9.11. The Morgan fingerprint density at radius 3 is 2.83 bits per heavy atom. The van der Waals surface area contributed by atoms with E-state index >= 15 is 0 Å². The molecule has 10 heteroatoms. The molecule has 1 aromatic rings. The average Bonchev–Trinajstić information content (AvgIpc) is 2.92. The summed E-state index contributed by atoms with van der Waals surface area (Å²) in [5.41, 5.74) is 2.11. The summed E-state index contributed by atoms with van der Waals surface area (Å²) in [5, 5.41) is 13.8. The van der Waals surface area contributed by atoms with E-state index in [4.69, 9.17) is 4.74 Å². The summed E-state index contributed by atoms with van der Waals surface area (Å²) >= 11 is 2.77. The number of amides is 2. The molecule has 0 spiro atoms. The van der Waals surface area contributed by atoms with Crippen LogP contribution in [0.25, 0.3) is 0 Å². The second-order valence-electron chi connectivity index (χ2n) is 7.59. The quantitative estimate of drug-likeness (QED) is 0.390. The van der Waals surface area contributed by atoms with Crippen LogP contribution in [0.5, 0.6) is 0 Å². The largest absolute Gasteiger partial charge is 1.00 e. The summed E-state index contributed by atoms with van der Waals surface area (Å²) in [5.74, 6) is -1.73. The molecule has 0 aliphatic carbocycles. The Hall–Kier alpha value is -0.710. The van der Waals surface area contributed by atoms with Crippen LogP contribution in [0.3, 0.4) is 0 Å². The predicted octanol–water partition coefficient (Wildman–Crippen LogP) is -2.71. The molecular weight excluding hydrogens is 423 g/mol. The van der Waals surface area contributed by atoms with Crippen molar-refractivity contribution in [1.29, 1.82) is 0 Å². The van der Waals surface area contributed by atoms with Gasteiger partial charge in [-0.05, 0) is 31.4 Å². The Morgan fingerprint density at radius 1 is 1.38 bits per heavy atom. The van der Waals surface area contributed by atoms with Gasteiger partial charge in [0.05, 0.1) is 24.4 Å². The van der Waals surface area contributed by atoms with Gasteiger partial charge in [-0.2, -0.15) is 0 Å². The molecular formula is C19H21N2NaO5S2. The molecule has 3 aliphatic rings. The van der Waals surface area contributed by atoms with Gasteiger partial charge in [-0.15, -0.1) is 23.5 Å². The van der Waals surface area contributed by atoms with Crippen LogP contribution in [-0.2, 0) is 25.5 Å². The van der Waals surface area contributed by atoms with Crippen LogP contribution < -0.4 is 40.0 Å². The van der Waals surface area contributed by atoms with Crippen LogP contribution in [0.2, 0.25) is 0 Å². The molecule has 29 heavy (non-hydrogen) atoms. The number of fused-ring (bicyclic) bond motifs is 2. The van der Waals surface area contributed by atoms with Gasteiger partial charge in [0, 0.05) is 4.75 Å². The molecule has 3 heterocycles. The van der Waals surface area contributed by atoms with Gasteiger partial charge in [-0.1, -0.05) is 24.3 Å². The number of β-lactam (4-membered cyclic amide) rings is 1. The number of hydrogen-bond donors (Lipinski definition) is 1. The van der Waals surface area contributed by atoms with Crippen LogP contribution in [0.1, 0.15) is 30.4 Å². The molecule has 0 bridgehead atoms. The average molecular weight is 445 g/mol. The molecule has 4 atom stereocenters. The maximum atomic E-state index is 12.4. The first kappa shape index (κ1) is 23.0. The number of carbonyl (C=O) groups excluding carboxylic acids is 3. The van der Waals surface area contributed by atoms with Crippen molar-refractivity contribution in [1.82, 2.24) is 10.2 Å². The fourth-order valence-electron chi connectivity index (χ4n) is 3.99. The second-order valence-corrected chi connectivity index (χ2v) is 10.4. The smallest absolute Gasteiger partial charge is 0.548 e. The summed E-state index contributed by atoms with van der Waals surface area (Å²) in [4.78, 5) is 37.6. The third-order valence-electron chi connectivity index (χ3n) is 5.30. The monoisotopic (exact) mass is 444 g/mol. The minimum atomic E-state index is -1.26. The minimum Gasteiger partial charge on any atom is -0.548 e. The van der Waals surface area contributed by atoms with E-state index in [9.17, 15) is 19.5 Å². The van der Waals surface area contributed by atoms with Crippen molar-refractivity contribution in [3.63, 3.8) is 0 Å². The molecule has 2 saturated heterocycles. The number of nitrogens with one attached hydrogen (secondary N) is 1. The Kier molecular flexibility index (Phi) is 6.97. The van der Waals surface area contributed by atoms with Gasteiger partial charge in [0.25, 0.3) is 0 Å². The predicted molar refractivity (Wildman–Crippen MR) is 104 cm³/mol. The fourth-order valence-corrected chi connectivity index (χ4v) is 6.60. The number of rotatable bonds is 5. The normalized spacial score (nSPS) is 29.2. The first-order valence-corrected chi connectivity index (χ1v) is 11.0. The molecule has 7 nitrogen and oxygen atoms in total. The van der Waals surface area contributed by atoms with E-state index in [2.05, 4.69) is 11.4 Å². The topological polar surface area (TPSA) is 98.8 Å². The number of benzene rings is 1. The Morgan fingerprint density at radius 2 is 2.10 bits per heavy atom. The van der Waals surface area contributed by atoms with Gasteiger partial charge in [0.1, 0.15) is 16.9 Å². The van der Waals surface area contributed by atoms with E-state index in [0.717, 1.165) is 12.0 Å². The first-order chi connectivity index (χ1) is 13.3. The van der Waals surface area contributed by atoms with E-state index in [0.29, 0.717) is 6.61 Å². The summed E-state index contributed by atoms with van der Waals surface area (Å²) in [7, 11) is 0. The van der Waals surface area contributed by atoms with Crippen molar-refractivity contribution in [3.05, 3.63) is 35.4 Å². The zero-order valence-electron chi connectivity index (χ0n) is 16.5. The maximum absolute atomic E-state index is 12.4. The van der Waals surface area contributed by atoms with Crippen LogP contribution in [0.4, 0.5) is 0 Å². The fraction of sp³-hybridized carbons (Fsp3) is 0.526. The molecule has 2 fully saturated rings. The van der Waals surface area contributed by atoms with Crippen molar-refractivity contribution in [2.75, 3.05) is 12.4 Å². The third kappa shape index (κ3) is 4.22. The molecule has 150 valence electrons. The van der Waals surface area contributed by atoms with Gasteiger partial charge in [-0.25, -0.2) is 0 Å². The van der Waals surface area contributed by atoms with Gasteiger partial charge in [0.2, 0.25) is 11.8 Å². The summed E-state index contributed by atoms with van der Waals surface area (Å²) in [6.07, 6.45) is 0.861. The van der Waals surface area contributed by atoms with Gasteiger partial charge >= 0.3 is 29.6 Å². The molecule has 1 unspecified atom stereocenters. The number of aliphatic carboxylic acids is 1. The number of carbonyl (C=O) groups is 3. The van der Waals surface area contributed by atoms with E-state index in [1.807, 2.05) is 18.2 Å². The second kappa shape index (κ2) is 8.80. The van der Waals surface area contributed by atoms with E-state index in [-0.39, 0.29) is 57.9 Å². The minimum absolute atomic E-state index is 0. The van der Waals surface area contributed by atoms with E-state index in [1.54, 1.807) is 13.8 Å². The standard InChI is InChI=1S/C19H22N2O5S2.Na/c1-19(2)14(17(24)25)21-15(23)13(16(21)28-19)20-12(22)9-27-18-11-6-4-3-5-10(11)7-8-26-18;/h3-6,13-14,16,18H,7-9H2,1-2H3,(H,20,22)(H,24,25);/q;+1/p-1/t13-,14+,16-,18?;/m1./s1. The third-order valence-corrected chi connectivity index (χ3v) is 7.99. The number of hydrogen-bond acceptors (Lipinski definition) is 7. The van der Waals surface area contributed by atoms with E-state index < -0.39 is 22.8 Å². The van der Waals surface area contributed by atoms with E-state index in [1.165, 1.54) is 34.0 Å². The number of thioether (sulfide) groups is 2. The van der Waals surface area contributed by atoms with Gasteiger partial charge < -0.3 is 24.9 Å². The zero-order chi connectivity index (χ0) is 20.1. The zero-order valence-corrected chi connectivity index (χ0v) is 20.2. The Labute approximate surface area is 200 Å². The van der Waals surface area contributed by atoms with Crippen LogP contribution in [-0.4, -0.2) is 57.2 Å². The Bertz CT molecular complexity index is 837. The molecule has 3 aliphatic heterocycles. The molecule has 4 rings (SSSR count). The molecule has 0 saturated carbocycles. The van der Waals surface area contributed by atoms with Crippen LogP contribution >= 0.6 is 23.5 Å². The van der Waals surface area contributed by atoms with Crippen molar-refractivity contribution in [2.45, 2.75) is 47.9 Å². The Balaban J connectivity index is 0.00000240. The number of carboxylic acids is 1. The van der Waals surface area contributed by atoms with Crippen molar-refractivity contribution in [2.24, 2.45) is 0 Å². The summed E-state index contributed by atoms with van der Waals surface area (Å²) < 4.78 is 5.13. The van der Waals surface area contributed by atoms with Crippen molar-refractivity contribution < 1.29 is 53.8 Å². The molecule has 2 amide bonds. The SMILES string of the molecule is CC1(C)S[C@@H]2[C@H](NC(=O)CSC3OCCc4ccccc43)C(=O)N2[C@H]1C(=O)[O-].[Na+]. The summed E-state index contributed by atoms with van der Waals surface area (Å²) in [6, 6.07) is 6.35. The molecule has 1 N–H and O–H groups in total. The van der Waals surface area contributed by atoms with Gasteiger partial charge in [-0.3, -0.25) is 9.59 Å². The molecule has 0 radical (unpaired) electrons. The molecule has 0 aromatic heterocycles. The van der Waals surface area contributed by atoms with Crippen molar-refractivity contribution >= 4 is 41.3 Å². The van der Waals surface area contributed by atoms with Crippen LogP contribution in [0.15, 0.2) is 24.3 Å². The van der Waals surface area contributed by atoms with Gasteiger partial charge in [0.15, 0.2) is 0 Å². The number of nitrogens with zero attached hydrogens (tertiary/aromatic N) is 1. The molecule has 1 aromatic carbocycles. The number of ether oxygens (including phenoxy) is 1. The summed E-state index contributed by atoms with van der Waals surface area (Å²) in [6.45, 7) is 4.16.